The Labute approximate surface area is 104 Å². The molecule has 4 nitrogen and oxygen atoms in total. The number of rotatable bonds is 5. The van der Waals surface area contributed by atoms with Crippen molar-refractivity contribution in [1.29, 1.82) is 0 Å². The zero-order valence-electron chi connectivity index (χ0n) is 11.4. The summed E-state index contributed by atoms with van der Waals surface area (Å²) in [6.45, 7) is 4.98. The van der Waals surface area contributed by atoms with E-state index in [0.29, 0.717) is 0 Å². The van der Waals surface area contributed by atoms with Gasteiger partial charge < -0.3 is 9.64 Å². The number of hydrogen-bond donors (Lipinski definition) is 2. The number of methoxy groups -OCH3 is 1. The Kier molecular flexibility index (Phi) is 4.93. The summed E-state index contributed by atoms with van der Waals surface area (Å²) in [5.41, 5.74) is 6.40. The van der Waals surface area contributed by atoms with Crippen LogP contribution in [-0.4, -0.2) is 32.6 Å². The lowest BCUT2D eigenvalue weighted by atomic mass is 9.98. The molecule has 1 atom stereocenters. The number of hydrogen-bond acceptors (Lipinski definition) is 4. The molecule has 4 heteroatoms. The van der Waals surface area contributed by atoms with Crippen molar-refractivity contribution in [3.63, 3.8) is 0 Å². The van der Waals surface area contributed by atoms with Crippen molar-refractivity contribution in [1.82, 2.24) is 10.3 Å². The van der Waals surface area contributed by atoms with E-state index in [2.05, 4.69) is 30.2 Å². The molecule has 0 aliphatic carbocycles. The van der Waals surface area contributed by atoms with Crippen molar-refractivity contribution in [2.45, 2.75) is 19.9 Å². The van der Waals surface area contributed by atoms with Gasteiger partial charge in [-0.05, 0) is 45.1 Å². The first kappa shape index (κ1) is 14.0. The van der Waals surface area contributed by atoms with E-state index < -0.39 is 0 Å². The molecule has 0 saturated heterocycles. The van der Waals surface area contributed by atoms with Gasteiger partial charge in [-0.3, -0.25) is 11.3 Å². The Morgan fingerprint density at radius 1 is 1.35 bits per heavy atom. The second-order valence-corrected chi connectivity index (χ2v) is 4.68. The van der Waals surface area contributed by atoms with Crippen molar-refractivity contribution in [2.75, 3.05) is 27.7 Å². The number of nitrogens with two attached hydrogens (primary N) is 1. The lowest BCUT2D eigenvalue weighted by molar-refractivity contribution is 0.332. The molecule has 3 N–H and O–H groups in total. The standard InChI is InChI=1S/C13H23N3O/c1-9-6-10(2)13(12(7-9)17-5)11(15-14)8-16(3)4/h6-7,11,15H,8,14H2,1-5H3. The van der Waals surface area contributed by atoms with Gasteiger partial charge in [0, 0.05) is 12.1 Å². The molecule has 1 rings (SSSR count). The second-order valence-electron chi connectivity index (χ2n) is 4.68. The number of hydrazine groups is 1. The van der Waals surface area contributed by atoms with Gasteiger partial charge in [0.15, 0.2) is 0 Å². The lowest BCUT2D eigenvalue weighted by Gasteiger charge is -2.24. The highest BCUT2D eigenvalue weighted by atomic mass is 16.5. The Hall–Kier alpha value is -1.10. The van der Waals surface area contributed by atoms with E-state index in [1.807, 2.05) is 20.2 Å². The van der Waals surface area contributed by atoms with Crippen LogP contribution in [0.3, 0.4) is 0 Å². The molecule has 96 valence electrons. The van der Waals surface area contributed by atoms with Gasteiger partial charge in [-0.2, -0.15) is 0 Å². The maximum Gasteiger partial charge on any atom is 0.124 e. The normalized spacial score (nSPS) is 12.9. The average molecular weight is 237 g/mol. The number of ether oxygens (including phenoxy) is 1. The van der Waals surface area contributed by atoms with Crippen molar-refractivity contribution in [3.8, 4) is 5.75 Å². The topological polar surface area (TPSA) is 50.5 Å². The van der Waals surface area contributed by atoms with Gasteiger partial charge in [0.25, 0.3) is 0 Å². The summed E-state index contributed by atoms with van der Waals surface area (Å²) in [6, 6.07) is 4.26. The van der Waals surface area contributed by atoms with Crippen molar-refractivity contribution in [2.24, 2.45) is 5.84 Å². The van der Waals surface area contributed by atoms with Gasteiger partial charge in [0.2, 0.25) is 0 Å². The molecule has 0 bridgehead atoms. The van der Waals surface area contributed by atoms with E-state index >= 15 is 0 Å². The fourth-order valence-electron chi connectivity index (χ4n) is 2.15. The fraction of sp³-hybridized carbons (Fsp3) is 0.538. The van der Waals surface area contributed by atoms with Gasteiger partial charge in [-0.15, -0.1) is 0 Å². The molecule has 0 fully saturated rings. The average Bonchev–Trinajstić information content (AvgIpc) is 2.25. The molecule has 0 spiro atoms. The van der Waals surface area contributed by atoms with Crippen LogP contribution in [0.1, 0.15) is 22.7 Å². The third-order valence-electron chi connectivity index (χ3n) is 2.81. The van der Waals surface area contributed by atoms with E-state index in [-0.39, 0.29) is 6.04 Å². The third-order valence-corrected chi connectivity index (χ3v) is 2.81. The van der Waals surface area contributed by atoms with Crippen LogP contribution < -0.4 is 16.0 Å². The van der Waals surface area contributed by atoms with Gasteiger partial charge in [0.05, 0.1) is 13.2 Å². The van der Waals surface area contributed by atoms with Crippen molar-refractivity contribution in [3.05, 3.63) is 28.8 Å². The van der Waals surface area contributed by atoms with Crippen LogP contribution in [0.4, 0.5) is 0 Å². The van der Waals surface area contributed by atoms with Gasteiger partial charge in [-0.25, -0.2) is 0 Å². The zero-order valence-corrected chi connectivity index (χ0v) is 11.4. The summed E-state index contributed by atoms with van der Waals surface area (Å²) in [4.78, 5) is 2.10. The van der Waals surface area contributed by atoms with Gasteiger partial charge in [0.1, 0.15) is 5.75 Å². The highest BCUT2D eigenvalue weighted by Crippen LogP contribution is 2.29. The van der Waals surface area contributed by atoms with E-state index in [1.54, 1.807) is 7.11 Å². The fourth-order valence-corrected chi connectivity index (χ4v) is 2.15. The molecule has 0 amide bonds. The van der Waals surface area contributed by atoms with Crippen LogP contribution in [0, 0.1) is 13.8 Å². The smallest absolute Gasteiger partial charge is 0.124 e. The second kappa shape index (κ2) is 6.00. The third kappa shape index (κ3) is 3.43. The summed E-state index contributed by atoms with van der Waals surface area (Å²) in [5.74, 6) is 6.55. The minimum absolute atomic E-state index is 0.0700. The predicted octanol–water partition coefficient (Wildman–Crippen LogP) is 1.38. The van der Waals surface area contributed by atoms with Crippen LogP contribution in [0.25, 0.3) is 0 Å². The largest absolute Gasteiger partial charge is 0.496 e. The number of nitrogens with one attached hydrogen (secondary N) is 1. The molecule has 17 heavy (non-hydrogen) atoms. The SMILES string of the molecule is COc1cc(C)cc(C)c1C(CN(C)C)NN. The van der Waals surface area contributed by atoms with E-state index in [0.717, 1.165) is 17.9 Å². The number of aryl methyl sites for hydroxylation is 2. The number of nitrogens with zero attached hydrogens (tertiary/aromatic N) is 1. The minimum Gasteiger partial charge on any atom is -0.496 e. The first-order chi connectivity index (χ1) is 7.99. The Morgan fingerprint density at radius 2 is 2.00 bits per heavy atom. The monoisotopic (exact) mass is 237 g/mol. The number of benzene rings is 1. The van der Waals surface area contributed by atoms with E-state index in [4.69, 9.17) is 10.6 Å². The van der Waals surface area contributed by atoms with Crippen molar-refractivity contribution >= 4 is 0 Å². The molecule has 0 aromatic heterocycles. The number of likely N-dealkylation sites (N-methyl/N-ethyl adjacent to an activating group) is 1. The molecule has 0 saturated carbocycles. The quantitative estimate of drug-likeness (QED) is 0.600. The first-order valence-corrected chi connectivity index (χ1v) is 5.75. The molecule has 1 aromatic carbocycles. The summed E-state index contributed by atoms with van der Waals surface area (Å²) in [5, 5.41) is 0. The Balaban J connectivity index is 3.17. The molecule has 1 aromatic rings. The zero-order chi connectivity index (χ0) is 13.0. The van der Waals surface area contributed by atoms with Crippen LogP contribution in [0.2, 0.25) is 0 Å². The van der Waals surface area contributed by atoms with Gasteiger partial charge in [-0.1, -0.05) is 6.07 Å². The summed E-state index contributed by atoms with van der Waals surface area (Å²) < 4.78 is 5.46. The van der Waals surface area contributed by atoms with Crippen molar-refractivity contribution < 1.29 is 4.74 Å². The molecular weight excluding hydrogens is 214 g/mol. The summed E-state index contributed by atoms with van der Waals surface area (Å²) in [6.07, 6.45) is 0. The molecular formula is C13H23N3O. The highest BCUT2D eigenvalue weighted by molar-refractivity contribution is 5.45. The van der Waals surface area contributed by atoms with E-state index in [9.17, 15) is 0 Å². The lowest BCUT2D eigenvalue weighted by Crippen LogP contribution is -2.36. The van der Waals surface area contributed by atoms with E-state index in [1.165, 1.54) is 11.1 Å². The van der Waals surface area contributed by atoms with Gasteiger partial charge >= 0.3 is 0 Å². The molecule has 0 aliphatic heterocycles. The Morgan fingerprint density at radius 3 is 2.47 bits per heavy atom. The van der Waals surface area contributed by atoms with Crippen LogP contribution in [0.5, 0.6) is 5.75 Å². The molecule has 0 heterocycles. The maximum absolute atomic E-state index is 5.65. The molecule has 1 unspecified atom stereocenters. The van der Waals surface area contributed by atoms with Crippen LogP contribution in [0.15, 0.2) is 12.1 Å². The minimum atomic E-state index is 0.0700. The molecule has 0 aliphatic rings. The van der Waals surface area contributed by atoms with Crippen LogP contribution >= 0.6 is 0 Å². The van der Waals surface area contributed by atoms with Crippen LogP contribution in [-0.2, 0) is 0 Å². The highest BCUT2D eigenvalue weighted by Gasteiger charge is 2.18. The maximum atomic E-state index is 5.65. The predicted molar refractivity (Wildman–Crippen MR) is 71.1 cm³/mol. The Bertz CT molecular complexity index is 377. The summed E-state index contributed by atoms with van der Waals surface area (Å²) >= 11 is 0. The first-order valence-electron chi connectivity index (χ1n) is 5.75. The summed E-state index contributed by atoms with van der Waals surface area (Å²) in [7, 11) is 5.75. The molecule has 0 radical (unpaired) electrons.